The standard InChI is InChI=1S/C14H15N5O2/c20-13-4-2-6-19(13)12-9-17-11(8-18-12)16-7-10-3-1-5-15-14(10)21/h1,3,5,8-9H,2,4,6-7H2,(H,15,21)(H,16,17). The first-order valence-electron chi connectivity index (χ1n) is 6.77. The van der Waals surface area contributed by atoms with E-state index in [9.17, 15) is 9.59 Å². The molecule has 21 heavy (non-hydrogen) atoms. The highest BCUT2D eigenvalue weighted by atomic mass is 16.2. The number of rotatable bonds is 4. The maximum atomic E-state index is 11.6. The number of aromatic amines is 1. The van der Waals surface area contributed by atoms with Crippen LogP contribution < -0.4 is 15.8 Å². The minimum absolute atomic E-state index is 0.0841. The number of amides is 1. The van der Waals surface area contributed by atoms with Gasteiger partial charge in [0.2, 0.25) is 5.91 Å². The van der Waals surface area contributed by atoms with Crippen LogP contribution in [0.15, 0.2) is 35.5 Å². The zero-order valence-corrected chi connectivity index (χ0v) is 11.4. The van der Waals surface area contributed by atoms with Gasteiger partial charge >= 0.3 is 0 Å². The van der Waals surface area contributed by atoms with Gasteiger partial charge in [0.05, 0.1) is 12.4 Å². The van der Waals surface area contributed by atoms with Crippen molar-refractivity contribution in [3.8, 4) is 0 Å². The summed E-state index contributed by atoms with van der Waals surface area (Å²) in [4.78, 5) is 35.9. The second-order valence-electron chi connectivity index (χ2n) is 4.79. The van der Waals surface area contributed by atoms with E-state index in [-0.39, 0.29) is 11.5 Å². The Balaban J connectivity index is 1.66. The molecule has 0 bridgehead atoms. The Bertz CT molecular complexity index is 695. The largest absolute Gasteiger partial charge is 0.365 e. The van der Waals surface area contributed by atoms with Crippen LogP contribution in [0.4, 0.5) is 11.6 Å². The molecule has 1 amide bonds. The van der Waals surface area contributed by atoms with Crippen LogP contribution in [0.1, 0.15) is 18.4 Å². The Hall–Kier alpha value is -2.70. The monoisotopic (exact) mass is 285 g/mol. The van der Waals surface area contributed by atoms with Gasteiger partial charge in [0.25, 0.3) is 5.56 Å². The molecule has 0 spiro atoms. The number of anilines is 2. The van der Waals surface area contributed by atoms with Crippen LogP contribution in [0, 0.1) is 0 Å². The van der Waals surface area contributed by atoms with Crippen molar-refractivity contribution in [2.45, 2.75) is 19.4 Å². The van der Waals surface area contributed by atoms with Gasteiger partial charge in [-0.05, 0) is 12.5 Å². The van der Waals surface area contributed by atoms with Crippen LogP contribution in [-0.2, 0) is 11.3 Å². The fraction of sp³-hybridized carbons (Fsp3) is 0.286. The molecule has 2 aromatic heterocycles. The quantitative estimate of drug-likeness (QED) is 0.871. The second kappa shape index (κ2) is 5.74. The Morgan fingerprint density at radius 2 is 2.19 bits per heavy atom. The molecule has 3 heterocycles. The molecule has 0 aromatic carbocycles. The van der Waals surface area contributed by atoms with Gasteiger partial charge in [-0.1, -0.05) is 6.07 Å². The van der Waals surface area contributed by atoms with Gasteiger partial charge in [0, 0.05) is 31.3 Å². The molecule has 1 fully saturated rings. The van der Waals surface area contributed by atoms with Crippen LogP contribution in [0.3, 0.4) is 0 Å². The van der Waals surface area contributed by atoms with Crippen LogP contribution in [0.25, 0.3) is 0 Å². The van der Waals surface area contributed by atoms with E-state index in [0.717, 1.165) is 6.42 Å². The number of H-pyrrole nitrogens is 1. The summed E-state index contributed by atoms with van der Waals surface area (Å²) in [6.07, 6.45) is 6.15. The van der Waals surface area contributed by atoms with Crippen molar-refractivity contribution in [1.82, 2.24) is 15.0 Å². The van der Waals surface area contributed by atoms with Crippen molar-refractivity contribution in [2.75, 3.05) is 16.8 Å². The molecule has 1 aliphatic heterocycles. The molecule has 3 rings (SSSR count). The minimum Gasteiger partial charge on any atom is -0.365 e. The van der Waals surface area contributed by atoms with Crippen molar-refractivity contribution in [3.63, 3.8) is 0 Å². The first-order chi connectivity index (χ1) is 10.2. The third-order valence-corrected chi connectivity index (χ3v) is 3.35. The number of aromatic nitrogens is 3. The van der Waals surface area contributed by atoms with Crippen molar-refractivity contribution < 1.29 is 4.79 Å². The number of carbonyl (C=O) groups is 1. The summed E-state index contributed by atoms with van der Waals surface area (Å²) < 4.78 is 0. The Morgan fingerprint density at radius 3 is 2.86 bits per heavy atom. The van der Waals surface area contributed by atoms with E-state index in [2.05, 4.69) is 20.3 Å². The van der Waals surface area contributed by atoms with E-state index < -0.39 is 0 Å². The van der Waals surface area contributed by atoms with Crippen LogP contribution in [-0.4, -0.2) is 27.4 Å². The van der Waals surface area contributed by atoms with E-state index in [1.807, 2.05) is 0 Å². The van der Waals surface area contributed by atoms with Crippen LogP contribution >= 0.6 is 0 Å². The number of nitrogens with one attached hydrogen (secondary N) is 2. The normalized spacial score (nSPS) is 14.5. The molecule has 1 saturated heterocycles. The number of carbonyl (C=O) groups excluding carboxylic acids is 1. The minimum atomic E-state index is -0.128. The maximum Gasteiger partial charge on any atom is 0.252 e. The molecule has 2 aromatic rings. The van der Waals surface area contributed by atoms with Crippen LogP contribution in [0.2, 0.25) is 0 Å². The molecule has 7 nitrogen and oxygen atoms in total. The van der Waals surface area contributed by atoms with Crippen molar-refractivity contribution >= 4 is 17.5 Å². The highest BCUT2D eigenvalue weighted by Gasteiger charge is 2.22. The van der Waals surface area contributed by atoms with Gasteiger partial charge in [-0.2, -0.15) is 0 Å². The molecule has 0 radical (unpaired) electrons. The van der Waals surface area contributed by atoms with Gasteiger partial charge in [-0.15, -0.1) is 0 Å². The fourth-order valence-electron chi connectivity index (χ4n) is 2.22. The predicted molar refractivity (Wildman–Crippen MR) is 78.0 cm³/mol. The van der Waals surface area contributed by atoms with E-state index in [4.69, 9.17) is 0 Å². The highest BCUT2D eigenvalue weighted by molar-refractivity contribution is 5.94. The molecule has 1 aliphatic rings. The summed E-state index contributed by atoms with van der Waals surface area (Å²) in [6.45, 7) is 1.06. The average molecular weight is 285 g/mol. The molecular formula is C14H15N5O2. The average Bonchev–Trinajstić information content (AvgIpc) is 2.93. The number of hydrogen-bond donors (Lipinski definition) is 2. The molecule has 108 valence electrons. The Kier molecular flexibility index (Phi) is 3.63. The Labute approximate surface area is 121 Å². The molecule has 0 aliphatic carbocycles. The lowest BCUT2D eigenvalue weighted by molar-refractivity contribution is -0.117. The summed E-state index contributed by atoms with van der Waals surface area (Å²) in [6, 6.07) is 3.52. The van der Waals surface area contributed by atoms with Gasteiger partial charge in [-0.25, -0.2) is 9.97 Å². The summed E-state index contributed by atoms with van der Waals surface area (Å²) in [7, 11) is 0. The molecule has 7 heteroatoms. The third kappa shape index (κ3) is 2.91. The SMILES string of the molecule is O=C1CCCN1c1cnc(NCc2ccc[nH]c2=O)cn1. The molecule has 0 saturated carbocycles. The molecule has 0 atom stereocenters. The first-order valence-corrected chi connectivity index (χ1v) is 6.77. The number of pyridine rings is 1. The third-order valence-electron chi connectivity index (χ3n) is 3.35. The van der Waals surface area contributed by atoms with Crippen molar-refractivity contribution in [1.29, 1.82) is 0 Å². The lowest BCUT2D eigenvalue weighted by Crippen LogP contribution is -2.24. The first kappa shape index (κ1) is 13.3. The zero-order chi connectivity index (χ0) is 14.7. The number of hydrogen-bond acceptors (Lipinski definition) is 5. The van der Waals surface area contributed by atoms with E-state index in [1.54, 1.807) is 35.6 Å². The molecule has 0 unspecified atom stereocenters. The smallest absolute Gasteiger partial charge is 0.252 e. The topological polar surface area (TPSA) is 91.0 Å². The lowest BCUT2D eigenvalue weighted by Gasteiger charge is -2.14. The van der Waals surface area contributed by atoms with Crippen molar-refractivity contribution in [3.05, 3.63) is 46.6 Å². The molecular weight excluding hydrogens is 270 g/mol. The number of nitrogens with zero attached hydrogens (tertiary/aromatic N) is 3. The van der Waals surface area contributed by atoms with Gasteiger partial charge < -0.3 is 10.3 Å². The summed E-state index contributed by atoms with van der Waals surface area (Å²) in [5.41, 5.74) is 0.496. The van der Waals surface area contributed by atoms with Crippen LogP contribution in [0.5, 0.6) is 0 Å². The zero-order valence-electron chi connectivity index (χ0n) is 11.4. The predicted octanol–water partition coefficient (Wildman–Crippen LogP) is 0.904. The summed E-state index contributed by atoms with van der Waals surface area (Å²) in [5, 5.41) is 3.03. The van der Waals surface area contributed by atoms with E-state index in [0.29, 0.717) is 36.7 Å². The van der Waals surface area contributed by atoms with Gasteiger partial charge in [-0.3, -0.25) is 14.5 Å². The molecule has 2 N–H and O–H groups in total. The van der Waals surface area contributed by atoms with Gasteiger partial charge in [0.1, 0.15) is 5.82 Å². The van der Waals surface area contributed by atoms with Gasteiger partial charge in [0.15, 0.2) is 5.82 Å². The fourth-order valence-corrected chi connectivity index (χ4v) is 2.22. The Morgan fingerprint density at radius 1 is 1.29 bits per heavy atom. The summed E-state index contributed by atoms with van der Waals surface area (Å²) >= 11 is 0. The maximum absolute atomic E-state index is 11.6. The second-order valence-corrected chi connectivity index (χ2v) is 4.79. The highest BCUT2D eigenvalue weighted by Crippen LogP contribution is 2.18. The summed E-state index contributed by atoms with van der Waals surface area (Å²) in [5.74, 6) is 1.22. The van der Waals surface area contributed by atoms with Crippen molar-refractivity contribution in [2.24, 2.45) is 0 Å². The van der Waals surface area contributed by atoms with E-state index >= 15 is 0 Å². The van der Waals surface area contributed by atoms with E-state index in [1.165, 1.54) is 0 Å². The lowest BCUT2D eigenvalue weighted by atomic mass is 10.3.